The van der Waals surface area contributed by atoms with Crippen molar-refractivity contribution in [3.63, 3.8) is 0 Å². The fourth-order valence-corrected chi connectivity index (χ4v) is 5.58. The highest BCUT2D eigenvalue weighted by atomic mass is 16.2. The highest BCUT2D eigenvalue weighted by molar-refractivity contribution is 5.92. The van der Waals surface area contributed by atoms with Gasteiger partial charge in [0.1, 0.15) is 5.69 Å². The fraction of sp³-hybridized carbons (Fsp3) is 0.520. The standard InChI is InChI=1S/C25H33N3O2/c1-4-27(5-2)23(29)17-19-18-25(21-10-7-6-9-20(19)21)12-15-28(16-13-25)24(30)22-11-8-14-26(22)3/h6-11,14,19H,4-5,12-13,15-18H2,1-3H3. The van der Waals surface area contributed by atoms with Gasteiger partial charge in [-0.25, -0.2) is 0 Å². The zero-order valence-corrected chi connectivity index (χ0v) is 18.4. The van der Waals surface area contributed by atoms with E-state index in [1.54, 1.807) is 0 Å². The number of benzene rings is 1. The monoisotopic (exact) mass is 407 g/mol. The molecule has 1 aromatic carbocycles. The number of carbonyl (C=O) groups is 2. The second-order valence-corrected chi connectivity index (χ2v) is 8.84. The summed E-state index contributed by atoms with van der Waals surface area (Å²) >= 11 is 0. The van der Waals surface area contributed by atoms with Crippen molar-refractivity contribution >= 4 is 11.8 Å². The van der Waals surface area contributed by atoms with Crippen LogP contribution in [0.2, 0.25) is 0 Å². The van der Waals surface area contributed by atoms with E-state index in [0.717, 1.165) is 51.1 Å². The lowest BCUT2D eigenvalue weighted by Gasteiger charge is -2.40. The zero-order valence-electron chi connectivity index (χ0n) is 18.4. The Morgan fingerprint density at radius 3 is 2.40 bits per heavy atom. The quantitative estimate of drug-likeness (QED) is 0.754. The Labute approximate surface area is 179 Å². The van der Waals surface area contributed by atoms with Crippen molar-refractivity contribution in [2.75, 3.05) is 26.2 Å². The first-order valence-electron chi connectivity index (χ1n) is 11.3. The van der Waals surface area contributed by atoms with Gasteiger partial charge in [-0.05, 0) is 67.7 Å². The van der Waals surface area contributed by atoms with Crippen LogP contribution < -0.4 is 0 Å². The highest BCUT2D eigenvalue weighted by Crippen LogP contribution is 2.52. The van der Waals surface area contributed by atoms with E-state index in [9.17, 15) is 9.59 Å². The molecule has 1 unspecified atom stereocenters. The van der Waals surface area contributed by atoms with E-state index in [2.05, 4.69) is 24.3 Å². The molecule has 0 N–H and O–H groups in total. The van der Waals surface area contributed by atoms with Gasteiger partial charge in [-0.1, -0.05) is 24.3 Å². The molecule has 1 fully saturated rings. The lowest BCUT2D eigenvalue weighted by atomic mass is 9.73. The summed E-state index contributed by atoms with van der Waals surface area (Å²) in [4.78, 5) is 29.7. The summed E-state index contributed by atoms with van der Waals surface area (Å²) in [5.41, 5.74) is 3.60. The third-order valence-electron chi connectivity index (χ3n) is 7.32. The van der Waals surface area contributed by atoms with E-state index < -0.39 is 0 Å². The Morgan fingerprint density at radius 2 is 1.77 bits per heavy atom. The first kappa shape index (κ1) is 20.7. The molecule has 1 saturated heterocycles. The van der Waals surface area contributed by atoms with Gasteiger partial charge in [0, 0.05) is 45.8 Å². The van der Waals surface area contributed by atoms with Crippen LogP contribution in [-0.4, -0.2) is 52.4 Å². The van der Waals surface area contributed by atoms with Crippen LogP contribution >= 0.6 is 0 Å². The minimum atomic E-state index is 0.0930. The average Bonchev–Trinajstić information content (AvgIpc) is 3.31. The Morgan fingerprint density at radius 1 is 1.07 bits per heavy atom. The van der Waals surface area contributed by atoms with Crippen LogP contribution in [-0.2, 0) is 17.3 Å². The van der Waals surface area contributed by atoms with Crippen LogP contribution in [0.5, 0.6) is 0 Å². The largest absolute Gasteiger partial charge is 0.347 e. The van der Waals surface area contributed by atoms with Gasteiger partial charge in [0.2, 0.25) is 5.91 Å². The second kappa shape index (κ2) is 8.29. The molecule has 2 amide bonds. The number of hydrogen-bond acceptors (Lipinski definition) is 2. The molecule has 1 aromatic heterocycles. The van der Waals surface area contributed by atoms with E-state index in [1.807, 2.05) is 53.6 Å². The number of carbonyl (C=O) groups excluding carboxylic acids is 2. The van der Waals surface area contributed by atoms with Crippen LogP contribution in [0.15, 0.2) is 42.6 Å². The maximum atomic E-state index is 12.9. The molecule has 2 aliphatic rings. The van der Waals surface area contributed by atoms with Gasteiger partial charge in [0.15, 0.2) is 0 Å². The molecule has 2 heterocycles. The summed E-state index contributed by atoms with van der Waals surface area (Å²) in [6.07, 6.45) is 5.47. The van der Waals surface area contributed by atoms with E-state index in [0.29, 0.717) is 6.42 Å². The Bertz CT molecular complexity index is 920. The molecule has 0 saturated carbocycles. The van der Waals surface area contributed by atoms with E-state index >= 15 is 0 Å². The lowest BCUT2D eigenvalue weighted by Crippen LogP contribution is -2.44. The van der Waals surface area contributed by atoms with E-state index in [4.69, 9.17) is 0 Å². The Kier molecular flexibility index (Phi) is 5.72. The number of rotatable bonds is 5. The van der Waals surface area contributed by atoms with Gasteiger partial charge in [-0.15, -0.1) is 0 Å². The molecule has 0 bridgehead atoms. The van der Waals surface area contributed by atoms with E-state index in [1.165, 1.54) is 11.1 Å². The van der Waals surface area contributed by atoms with E-state index in [-0.39, 0.29) is 23.1 Å². The Balaban J connectivity index is 1.51. The molecule has 5 heteroatoms. The molecule has 5 nitrogen and oxygen atoms in total. The highest BCUT2D eigenvalue weighted by Gasteiger charge is 2.46. The van der Waals surface area contributed by atoms with Gasteiger partial charge in [-0.3, -0.25) is 9.59 Å². The van der Waals surface area contributed by atoms with Crippen molar-refractivity contribution in [1.82, 2.24) is 14.4 Å². The van der Waals surface area contributed by atoms with Crippen molar-refractivity contribution in [2.45, 2.75) is 50.9 Å². The third-order valence-corrected chi connectivity index (χ3v) is 7.32. The van der Waals surface area contributed by atoms with Gasteiger partial charge in [0.25, 0.3) is 5.91 Å². The molecule has 0 radical (unpaired) electrons. The first-order chi connectivity index (χ1) is 14.5. The van der Waals surface area contributed by atoms with Crippen LogP contribution in [0, 0.1) is 0 Å². The minimum Gasteiger partial charge on any atom is -0.347 e. The summed E-state index contributed by atoms with van der Waals surface area (Å²) in [5, 5.41) is 0. The Hall–Kier alpha value is -2.56. The lowest BCUT2D eigenvalue weighted by molar-refractivity contribution is -0.131. The molecule has 1 aliphatic heterocycles. The van der Waals surface area contributed by atoms with Crippen LogP contribution in [0.1, 0.15) is 67.1 Å². The van der Waals surface area contributed by atoms with Crippen molar-refractivity contribution in [2.24, 2.45) is 7.05 Å². The van der Waals surface area contributed by atoms with Gasteiger partial charge in [0.05, 0.1) is 0 Å². The molecule has 1 aliphatic carbocycles. The molecular weight excluding hydrogens is 374 g/mol. The predicted octanol–water partition coefficient (Wildman–Crippen LogP) is 3.94. The maximum absolute atomic E-state index is 12.9. The average molecular weight is 408 g/mol. The number of piperidine rings is 1. The zero-order chi connectivity index (χ0) is 21.3. The second-order valence-electron chi connectivity index (χ2n) is 8.84. The summed E-state index contributed by atoms with van der Waals surface area (Å²) < 4.78 is 1.90. The van der Waals surface area contributed by atoms with Crippen LogP contribution in [0.25, 0.3) is 0 Å². The van der Waals surface area contributed by atoms with Crippen molar-refractivity contribution in [3.05, 3.63) is 59.4 Å². The summed E-state index contributed by atoms with van der Waals surface area (Å²) in [7, 11) is 1.92. The van der Waals surface area contributed by atoms with Crippen molar-refractivity contribution in [3.8, 4) is 0 Å². The van der Waals surface area contributed by atoms with Gasteiger partial charge < -0.3 is 14.4 Å². The molecule has 30 heavy (non-hydrogen) atoms. The molecule has 2 aromatic rings. The number of aromatic nitrogens is 1. The number of nitrogens with zero attached hydrogens (tertiary/aromatic N) is 3. The smallest absolute Gasteiger partial charge is 0.270 e. The van der Waals surface area contributed by atoms with Gasteiger partial charge in [-0.2, -0.15) is 0 Å². The molecular formula is C25H33N3O2. The normalized spacial score (nSPS) is 19.7. The van der Waals surface area contributed by atoms with Crippen LogP contribution in [0.4, 0.5) is 0 Å². The SMILES string of the molecule is CCN(CC)C(=O)CC1CC2(CCN(C(=O)c3cccn3C)CC2)c2ccccc21. The van der Waals surface area contributed by atoms with Crippen molar-refractivity contribution in [1.29, 1.82) is 0 Å². The maximum Gasteiger partial charge on any atom is 0.270 e. The van der Waals surface area contributed by atoms with Crippen molar-refractivity contribution < 1.29 is 9.59 Å². The molecule has 1 atom stereocenters. The molecule has 4 rings (SSSR count). The van der Waals surface area contributed by atoms with Crippen LogP contribution in [0.3, 0.4) is 0 Å². The number of amides is 2. The summed E-state index contributed by atoms with van der Waals surface area (Å²) in [6.45, 7) is 7.18. The number of fused-ring (bicyclic) bond motifs is 2. The number of aryl methyl sites for hydroxylation is 1. The summed E-state index contributed by atoms with van der Waals surface area (Å²) in [5.74, 6) is 0.662. The molecule has 160 valence electrons. The summed E-state index contributed by atoms with van der Waals surface area (Å²) in [6, 6.07) is 12.5. The number of hydrogen-bond donors (Lipinski definition) is 0. The fourth-order valence-electron chi connectivity index (χ4n) is 5.58. The molecule has 1 spiro atoms. The topological polar surface area (TPSA) is 45.6 Å². The minimum absolute atomic E-state index is 0.0930. The predicted molar refractivity (Wildman–Crippen MR) is 119 cm³/mol. The first-order valence-corrected chi connectivity index (χ1v) is 11.3. The third kappa shape index (κ3) is 3.55. The number of likely N-dealkylation sites (tertiary alicyclic amines) is 1. The van der Waals surface area contributed by atoms with Gasteiger partial charge >= 0.3 is 0 Å².